The number of sulfonamides is 1. The van der Waals surface area contributed by atoms with Crippen molar-refractivity contribution in [1.29, 1.82) is 0 Å². The van der Waals surface area contributed by atoms with Gasteiger partial charge in [0.1, 0.15) is 0 Å². The minimum absolute atomic E-state index is 0.101. The first kappa shape index (κ1) is 15.5. The van der Waals surface area contributed by atoms with Crippen molar-refractivity contribution in [2.24, 2.45) is 0 Å². The van der Waals surface area contributed by atoms with Gasteiger partial charge < -0.3 is 0 Å². The van der Waals surface area contributed by atoms with Gasteiger partial charge in [-0.25, -0.2) is 12.7 Å². The monoisotopic (exact) mass is 295 g/mol. The highest BCUT2D eigenvalue weighted by Gasteiger charge is 2.24. The molecule has 0 bridgehead atoms. The average Bonchev–Trinajstić information content (AvgIpc) is 2.39. The molecule has 1 saturated heterocycles. The van der Waals surface area contributed by atoms with Gasteiger partial charge in [0.05, 0.1) is 5.75 Å². The summed E-state index contributed by atoms with van der Waals surface area (Å²) < 4.78 is 26.4. The fourth-order valence-electron chi connectivity index (χ4n) is 2.55. The molecule has 112 valence electrons. The van der Waals surface area contributed by atoms with E-state index in [0.29, 0.717) is 13.1 Å². The van der Waals surface area contributed by atoms with Crippen LogP contribution in [-0.2, 0) is 21.2 Å². The van der Waals surface area contributed by atoms with Crippen molar-refractivity contribution in [1.82, 2.24) is 4.31 Å². The third-order valence-corrected chi connectivity index (χ3v) is 5.73. The van der Waals surface area contributed by atoms with Gasteiger partial charge in [0, 0.05) is 13.1 Å². The summed E-state index contributed by atoms with van der Waals surface area (Å²) in [6.45, 7) is 7.84. The lowest BCUT2D eigenvalue weighted by molar-refractivity contribution is 0.346. The predicted octanol–water partition coefficient (Wildman–Crippen LogP) is 3.30. The minimum atomic E-state index is -3.15. The summed E-state index contributed by atoms with van der Waals surface area (Å²) in [5, 5.41) is 0. The van der Waals surface area contributed by atoms with E-state index in [1.54, 1.807) is 4.31 Å². The fraction of sp³-hybridized carbons (Fsp3) is 0.625. The lowest BCUT2D eigenvalue weighted by Gasteiger charge is -2.26. The van der Waals surface area contributed by atoms with Gasteiger partial charge in [-0.1, -0.05) is 51.5 Å². The first-order valence-electron chi connectivity index (χ1n) is 7.36. The van der Waals surface area contributed by atoms with Crippen LogP contribution in [0, 0.1) is 0 Å². The van der Waals surface area contributed by atoms with E-state index in [0.717, 1.165) is 24.8 Å². The summed E-state index contributed by atoms with van der Waals surface area (Å²) in [4.78, 5) is 0. The lowest BCUT2D eigenvalue weighted by Crippen LogP contribution is -2.36. The Morgan fingerprint density at radius 3 is 2.05 bits per heavy atom. The van der Waals surface area contributed by atoms with Gasteiger partial charge in [-0.05, 0) is 29.4 Å². The maximum absolute atomic E-state index is 12.4. The zero-order valence-corrected chi connectivity index (χ0v) is 13.5. The van der Waals surface area contributed by atoms with Gasteiger partial charge in [-0.15, -0.1) is 0 Å². The lowest BCUT2D eigenvalue weighted by atomic mass is 9.87. The first-order valence-corrected chi connectivity index (χ1v) is 8.97. The van der Waals surface area contributed by atoms with Crippen molar-refractivity contribution in [3.63, 3.8) is 0 Å². The smallest absolute Gasteiger partial charge is 0.212 e. The molecule has 0 saturated carbocycles. The zero-order chi connectivity index (χ0) is 14.8. The number of hydrogen-bond acceptors (Lipinski definition) is 2. The maximum Gasteiger partial charge on any atom is 0.218 e. The Balaban J connectivity index is 2.09. The van der Waals surface area contributed by atoms with Gasteiger partial charge in [0.2, 0.25) is 10.0 Å². The second-order valence-corrected chi connectivity index (χ2v) is 8.63. The summed E-state index contributed by atoms with van der Waals surface area (Å²) in [7, 11) is -3.15. The second-order valence-electron chi connectivity index (χ2n) is 6.66. The molecule has 2 rings (SSSR count). The predicted molar refractivity (Wildman–Crippen MR) is 83.2 cm³/mol. The van der Waals surface area contributed by atoms with Gasteiger partial charge in [0.25, 0.3) is 0 Å². The largest absolute Gasteiger partial charge is 0.218 e. The molecule has 0 aromatic heterocycles. The standard InChI is InChI=1S/C16H25NO2S/c1-16(2,3)15-9-7-14(8-10-15)13-20(18,19)17-11-5-4-6-12-17/h7-10H,4-6,11-13H2,1-3H3. The van der Waals surface area contributed by atoms with Gasteiger partial charge in [-0.2, -0.15) is 0 Å². The molecule has 20 heavy (non-hydrogen) atoms. The fourth-order valence-corrected chi connectivity index (χ4v) is 4.16. The molecule has 0 aliphatic carbocycles. The quantitative estimate of drug-likeness (QED) is 0.858. The molecular formula is C16H25NO2S. The van der Waals surface area contributed by atoms with Gasteiger partial charge in [-0.3, -0.25) is 0 Å². The summed E-state index contributed by atoms with van der Waals surface area (Å²) in [5.41, 5.74) is 2.21. The molecule has 0 spiro atoms. The van der Waals surface area contributed by atoms with Crippen LogP contribution in [0.2, 0.25) is 0 Å². The van der Waals surface area contributed by atoms with Crippen molar-refractivity contribution in [2.45, 2.75) is 51.2 Å². The van der Waals surface area contributed by atoms with Crippen LogP contribution < -0.4 is 0 Å². The summed E-state index contributed by atoms with van der Waals surface area (Å²) >= 11 is 0. The van der Waals surface area contributed by atoms with Crippen molar-refractivity contribution < 1.29 is 8.42 Å². The molecule has 1 fully saturated rings. The highest BCUT2D eigenvalue weighted by Crippen LogP contribution is 2.23. The zero-order valence-electron chi connectivity index (χ0n) is 12.7. The van der Waals surface area contributed by atoms with E-state index in [1.807, 2.05) is 24.3 Å². The van der Waals surface area contributed by atoms with E-state index in [-0.39, 0.29) is 11.2 Å². The Hall–Kier alpha value is -0.870. The maximum atomic E-state index is 12.4. The number of nitrogens with zero attached hydrogens (tertiary/aromatic N) is 1. The second kappa shape index (κ2) is 5.86. The molecule has 0 N–H and O–H groups in total. The number of rotatable bonds is 3. The highest BCUT2D eigenvalue weighted by molar-refractivity contribution is 7.88. The molecule has 1 aromatic carbocycles. The van der Waals surface area contributed by atoms with E-state index >= 15 is 0 Å². The van der Waals surface area contributed by atoms with E-state index in [2.05, 4.69) is 20.8 Å². The summed E-state index contributed by atoms with van der Waals surface area (Å²) in [6, 6.07) is 7.98. The normalized spacial score (nSPS) is 18.1. The average molecular weight is 295 g/mol. The number of piperidine rings is 1. The van der Waals surface area contributed by atoms with Crippen LogP contribution >= 0.6 is 0 Å². The Labute approximate surface area is 123 Å². The van der Waals surface area contributed by atoms with Crippen LogP contribution in [0.3, 0.4) is 0 Å². The number of hydrogen-bond donors (Lipinski definition) is 0. The summed E-state index contributed by atoms with van der Waals surface area (Å²) in [6.07, 6.45) is 3.12. The van der Waals surface area contributed by atoms with E-state index < -0.39 is 10.0 Å². The van der Waals surface area contributed by atoms with Crippen molar-refractivity contribution in [3.8, 4) is 0 Å². The van der Waals surface area contributed by atoms with Crippen LogP contribution in [0.5, 0.6) is 0 Å². The molecule has 0 amide bonds. The Morgan fingerprint density at radius 2 is 1.55 bits per heavy atom. The van der Waals surface area contributed by atoms with Crippen LogP contribution in [0.15, 0.2) is 24.3 Å². The van der Waals surface area contributed by atoms with E-state index in [4.69, 9.17) is 0 Å². The molecule has 1 aliphatic rings. The molecule has 0 atom stereocenters. The topological polar surface area (TPSA) is 37.4 Å². The SMILES string of the molecule is CC(C)(C)c1ccc(CS(=O)(=O)N2CCCCC2)cc1. The van der Waals surface area contributed by atoms with Gasteiger partial charge in [0.15, 0.2) is 0 Å². The Morgan fingerprint density at radius 1 is 1.00 bits per heavy atom. The van der Waals surface area contributed by atoms with Crippen molar-refractivity contribution in [2.75, 3.05) is 13.1 Å². The van der Waals surface area contributed by atoms with E-state index in [9.17, 15) is 8.42 Å². The Kier molecular flexibility index (Phi) is 4.55. The highest BCUT2D eigenvalue weighted by atomic mass is 32.2. The van der Waals surface area contributed by atoms with Crippen molar-refractivity contribution in [3.05, 3.63) is 35.4 Å². The molecule has 1 heterocycles. The molecule has 4 heteroatoms. The molecule has 1 aromatic rings. The third kappa shape index (κ3) is 3.83. The molecule has 1 aliphatic heterocycles. The van der Waals surface area contributed by atoms with Crippen molar-refractivity contribution >= 4 is 10.0 Å². The first-order chi connectivity index (χ1) is 9.29. The molecule has 0 radical (unpaired) electrons. The van der Waals surface area contributed by atoms with Crippen LogP contribution in [0.25, 0.3) is 0 Å². The van der Waals surface area contributed by atoms with Gasteiger partial charge >= 0.3 is 0 Å². The molecule has 3 nitrogen and oxygen atoms in total. The van der Waals surface area contributed by atoms with Crippen LogP contribution in [0.4, 0.5) is 0 Å². The van der Waals surface area contributed by atoms with E-state index in [1.165, 1.54) is 5.56 Å². The third-order valence-electron chi connectivity index (χ3n) is 3.88. The number of benzene rings is 1. The summed E-state index contributed by atoms with van der Waals surface area (Å²) in [5.74, 6) is 0.122. The van der Waals surface area contributed by atoms with Crippen LogP contribution in [0.1, 0.15) is 51.2 Å². The van der Waals surface area contributed by atoms with Crippen LogP contribution in [-0.4, -0.2) is 25.8 Å². The Bertz CT molecular complexity index is 535. The molecule has 0 unspecified atom stereocenters. The minimum Gasteiger partial charge on any atom is -0.212 e. The molecular weight excluding hydrogens is 270 g/mol.